The van der Waals surface area contributed by atoms with Crippen molar-refractivity contribution in [1.29, 1.82) is 0 Å². The first-order valence-electron chi connectivity index (χ1n) is 10.6. The number of hydrogen-bond acceptors (Lipinski definition) is 4. The van der Waals surface area contributed by atoms with Crippen LogP contribution < -0.4 is 4.74 Å². The molecule has 1 aliphatic rings. The Bertz CT molecular complexity index is 1210. The summed E-state index contributed by atoms with van der Waals surface area (Å²) in [7, 11) is 0. The molecule has 0 aliphatic heterocycles. The molecule has 6 heteroatoms. The quantitative estimate of drug-likeness (QED) is 0.452. The number of benzene rings is 2. The fraction of sp³-hybridized carbons (Fsp3) is 0.240. The van der Waals surface area contributed by atoms with Crippen LogP contribution in [0.3, 0.4) is 0 Å². The predicted octanol–water partition coefficient (Wildman–Crippen LogP) is 5.49. The molecule has 2 aromatic carbocycles. The highest BCUT2D eigenvalue weighted by Crippen LogP contribution is 2.37. The van der Waals surface area contributed by atoms with E-state index in [1.54, 1.807) is 24.5 Å². The predicted molar refractivity (Wildman–Crippen MR) is 118 cm³/mol. The van der Waals surface area contributed by atoms with Crippen molar-refractivity contribution in [1.82, 2.24) is 14.5 Å². The molecule has 0 radical (unpaired) electrons. The number of carboxylic acids is 1. The van der Waals surface area contributed by atoms with E-state index in [4.69, 9.17) is 9.72 Å². The summed E-state index contributed by atoms with van der Waals surface area (Å²) in [6.07, 6.45) is 8.16. The standard InChI is InChI=1S/C25H23N3O3/c29-25(30)19-7-10-23-22(15-19)27-24(28(23)20-3-1-2-4-20)18-5-8-21(9-6-18)31-16-17-11-13-26-14-12-17/h5-15,20H,1-4,16H2,(H,29,30). The number of hydrogen-bond donors (Lipinski definition) is 1. The fourth-order valence-electron chi connectivity index (χ4n) is 4.31. The van der Waals surface area contributed by atoms with Crippen molar-refractivity contribution in [3.8, 4) is 17.1 Å². The molecule has 1 aliphatic carbocycles. The summed E-state index contributed by atoms with van der Waals surface area (Å²) in [5, 5.41) is 9.36. The van der Waals surface area contributed by atoms with E-state index < -0.39 is 5.97 Å². The van der Waals surface area contributed by atoms with Crippen molar-refractivity contribution >= 4 is 17.0 Å². The van der Waals surface area contributed by atoms with Crippen LogP contribution in [0, 0.1) is 0 Å². The van der Waals surface area contributed by atoms with Gasteiger partial charge in [0.1, 0.15) is 18.2 Å². The van der Waals surface area contributed by atoms with Crippen molar-refractivity contribution in [2.45, 2.75) is 38.3 Å². The van der Waals surface area contributed by atoms with Gasteiger partial charge >= 0.3 is 5.97 Å². The first-order valence-corrected chi connectivity index (χ1v) is 10.6. The molecule has 5 rings (SSSR count). The molecule has 0 unspecified atom stereocenters. The molecule has 1 N–H and O–H groups in total. The van der Waals surface area contributed by atoms with Gasteiger partial charge in [0.25, 0.3) is 0 Å². The lowest BCUT2D eigenvalue weighted by atomic mass is 10.1. The third kappa shape index (κ3) is 3.89. The van der Waals surface area contributed by atoms with Crippen molar-refractivity contribution in [2.75, 3.05) is 0 Å². The number of rotatable bonds is 6. The second kappa shape index (κ2) is 8.22. The van der Waals surface area contributed by atoms with Crippen LogP contribution in [0.2, 0.25) is 0 Å². The molecule has 0 atom stereocenters. The highest BCUT2D eigenvalue weighted by molar-refractivity contribution is 5.93. The van der Waals surface area contributed by atoms with Crippen LogP contribution in [0.5, 0.6) is 5.75 Å². The number of ether oxygens (including phenoxy) is 1. The Hall–Kier alpha value is -3.67. The average molecular weight is 413 g/mol. The van der Waals surface area contributed by atoms with Crippen molar-refractivity contribution < 1.29 is 14.6 Å². The SMILES string of the molecule is O=C(O)c1ccc2c(c1)nc(-c1ccc(OCc3ccncc3)cc1)n2C1CCCC1. The lowest BCUT2D eigenvalue weighted by Crippen LogP contribution is -2.06. The number of carbonyl (C=O) groups is 1. The number of aromatic nitrogens is 3. The van der Waals surface area contributed by atoms with Gasteiger partial charge in [0.15, 0.2) is 0 Å². The molecule has 2 aromatic heterocycles. The Morgan fingerprint density at radius 1 is 1.03 bits per heavy atom. The molecular weight excluding hydrogens is 390 g/mol. The van der Waals surface area contributed by atoms with E-state index in [-0.39, 0.29) is 5.56 Å². The third-order valence-corrected chi connectivity index (χ3v) is 5.89. The summed E-state index contributed by atoms with van der Waals surface area (Å²) in [6, 6.07) is 17.4. The van der Waals surface area contributed by atoms with Crippen molar-refractivity contribution in [2.24, 2.45) is 0 Å². The third-order valence-electron chi connectivity index (χ3n) is 5.89. The van der Waals surface area contributed by atoms with Gasteiger partial charge in [-0.1, -0.05) is 12.8 Å². The van der Waals surface area contributed by atoms with E-state index in [2.05, 4.69) is 9.55 Å². The van der Waals surface area contributed by atoms with E-state index >= 15 is 0 Å². The largest absolute Gasteiger partial charge is 0.489 e. The smallest absolute Gasteiger partial charge is 0.335 e. The Morgan fingerprint density at radius 2 is 1.77 bits per heavy atom. The molecule has 31 heavy (non-hydrogen) atoms. The van der Waals surface area contributed by atoms with Gasteiger partial charge in [-0.15, -0.1) is 0 Å². The van der Waals surface area contributed by atoms with Gasteiger partial charge in [-0.25, -0.2) is 9.78 Å². The molecule has 0 amide bonds. The maximum absolute atomic E-state index is 11.4. The number of imidazole rings is 1. The topological polar surface area (TPSA) is 77.2 Å². The van der Waals surface area contributed by atoms with Crippen LogP contribution in [0.1, 0.15) is 47.6 Å². The van der Waals surface area contributed by atoms with E-state index in [0.717, 1.165) is 46.6 Å². The van der Waals surface area contributed by atoms with Crippen molar-refractivity contribution in [3.63, 3.8) is 0 Å². The Kier molecular flexibility index (Phi) is 5.12. The zero-order valence-corrected chi connectivity index (χ0v) is 17.1. The Morgan fingerprint density at radius 3 is 2.48 bits per heavy atom. The maximum atomic E-state index is 11.4. The van der Waals surface area contributed by atoms with Gasteiger partial charge in [0.05, 0.1) is 16.6 Å². The zero-order chi connectivity index (χ0) is 21.2. The summed E-state index contributed by atoms with van der Waals surface area (Å²) < 4.78 is 8.19. The van der Waals surface area contributed by atoms with Gasteiger partial charge in [0.2, 0.25) is 0 Å². The summed E-state index contributed by atoms with van der Waals surface area (Å²) in [5.74, 6) is 0.733. The lowest BCUT2D eigenvalue weighted by molar-refractivity contribution is 0.0697. The van der Waals surface area contributed by atoms with Crippen LogP contribution in [-0.4, -0.2) is 25.6 Å². The van der Waals surface area contributed by atoms with E-state index in [9.17, 15) is 9.90 Å². The zero-order valence-electron chi connectivity index (χ0n) is 17.1. The minimum absolute atomic E-state index is 0.259. The summed E-state index contributed by atoms with van der Waals surface area (Å²) in [4.78, 5) is 20.3. The molecule has 156 valence electrons. The molecule has 2 heterocycles. The van der Waals surface area contributed by atoms with Gasteiger partial charge in [-0.05, 0) is 73.0 Å². The summed E-state index contributed by atoms with van der Waals surface area (Å²) in [6.45, 7) is 0.487. The second-order valence-corrected chi connectivity index (χ2v) is 7.92. The van der Waals surface area contributed by atoms with E-state index in [0.29, 0.717) is 12.6 Å². The first-order chi connectivity index (χ1) is 15.2. The van der Waals surface area contributed by atoms with Crippen LogP contribution in [0.25, 0.3) is 22.4 Å². The number of carboxylic acid groups (broad SMARTS) is 1. The molecule has 0 saturated heterocycles. The van der Waals surface area contributed by atoms with Gasteiger partial charge in [0, 0.05) is 24.0 Å². The molecule has 4 aromatic rings. The Balaban J connectivity index is 1.48. The van der Waals surface area contributed by atoms with E-state index in [1.165, 1.54) is 12.8 Å². The molecule has 6 nitrogen and oxygen atoms in total. The molecule has 1 fully saturated rings. The average Bonchev–Trinajstić information content (AvgIpc) is 3.46. The molecule has 1 saturated carbocycles. The van der Waals surface area contributed by atoms with Gasteiger partial charge < -0.3 is 14.4 Å². The molecule has 0 bridgehead atoms. The van der Waals surface area contributed by atoms with Gasteiger partial charge in [-0.3, -0.25) is 4.98 Å². The number of fused-ring (bicyclic) bond motifs is 1. The summed E-state index contributed by atoms with van der Waals surface area (Å²) in [5.41, 5.74) is 4.03. The highest BCUT2D eigenvalue weighted by Gasteiger charge is 2.24. The summed E-state index contributed by atoms with van der Waals surface area (Å²) >= 11 is 0. The highest BCUT2D eigenvalue weighted by atomic mass is 16.5. The minimum atomic E-state index is -0.936. The number of nitrogens with zero attached hydrogens (tertiary/aromatic N) is 3. The van der Waals surface area contributed by atoms with E-state index in [1.807, 2.05) is 42.5 Å². The van der Waals surface area contributed by atoms with Crippen LogP contribution in [0.4, 0.5) is 0 Å². The minimum Gasteiger partial charge on any atom is -0.489 e. The van der Waals surface area contributed by atoms with Crippen molar-refractivity contribution in [3.05, 3.63) is 78.1 Å². The monoisotopic (exact) mass is 413 g/mol. The fourth-order valence-corrected chi connectivity index (χ4v) is 4.31. The van der Waals surface area contributed by atoms with Gasteiger partial charge in [-0.2, -0.15) is 0 Å². The molecular formula is C25H23N3O3. The first kappa shape index (κ1) is 19.3. The Labute approximate surface area is 180 Å². The van der Waals surface area contributed by atoms with Crippen LogP contribution in [0.15, 0.2) is 67.0 Å². The maximum Gasteiger partial charge on any atom is 0.335 e. The normalized spacial score (nSPS) is 14.2. The van der Waals surface area contributed by atoms with Crippen LogP contribution in [-0.2, 0) is 6.61 Å². The number of aromatic carboxylic acids is 1. The van der Waals surface area contributed by atoms with Crippen LogP contribution >= 0.6 is 0 Å². The second-order valence-electron chi connectivity index (χ2n) is 7.92. The number of pyridine rings is 1. The lowest BCUT2D eigenvalue weighted by Gasteiger charge is -2.17. The molecule has 0 spiro atoms.